The molecule has 134 valence electrons. The van der Waals surface area contributed by atoms with Crippen molar-refractivity contribution in [3.8, 4) is 23.4 Å². The number of hydrogen-bond donors (Lipinski definition) is 0. The average molecular weight is 382 g/mol. The highest BCUT2D eigenvalue weighted by Gasteiger charge is 2.25. The standard InChI is InChI=1S/C21H23NO2SSi/c1-6-16-22(25(23,24)20-13-11-18(2)12-14-20)21-10-8-7-9-19(21)15-17-26(3,4)5/h7-14H,1-5H3. The van der Waals surface area contributed by atoms with Crippen LogP contribution < -0.4 is 4.31 Å². The summed E-state index contributed by atoms with van der Waals surface area (Å²) in [5.41, 5.74) is 5.43. The van der Waals surface area contributed by atoms with Crippen molar-refractivity contribution in [2.45, 2.75) is 38.4 Å². The van der Waals surface area contributed by atoms with E-state index < -0.39 is 18.1 Å². The summed E-state index contributed by atoms with van der Waals surface area (Å²) in [4.78, 5) is 0.207. The molecule has 0 atom stereocenters. The van der Waals surface area contributed by atoms with Crippen LogP contribution in [0, 0.1) is 30.4 Å². The SMILES string of the molecule is CC#CN(c1ccccc1C#C[Si](C)(C)C)S(=O)(=O)c1ccc(C)cc1. The van der Waals surface area contributed by atoms with E-state index in [-0.39, 0.29) is 4.90 Å². The van der Waals surface area contributed by atoms with Crippen molar-refractivity contribution in [2.24, 2.45) is 0 Å². The lowest BCUT2D eigenvalue weighted by Gasteiger charge is -2.19. The maximum Gasteiger partial charge on any atom is 0.275 e. The van der Waals surface area contributed by atoms with Crippen LogP contribution in [0.5, 0.6) is 0 Å². The Morgan fingerprint density at radius 3 is 2.15 bits per heavy atom. The Morgan fingerprint density at radius 1 is 0.962 bits per heavy atom. The highest BCUT2D eigenvalue weighted by molar-refractivity contribution is 7.93. The first-order chi connectivity index (χ1) is 12.1. The van der Waals surface area contributed by atoms with Crippen molar-refractivity contribution in [3.05, 3.63) is 59.7 Å². The summed E-state index contributed by atoms with van der Waals surface area (Å²) in [5.74, 6) is 5.87. The third kappa shape index (κ3) is 4.79. The number of nitrogens with zero attached hydrogens (tertiary/aromatic N) is 1. The molecule has 0 unspecified atom stereocenters. The number of sulfonamides is 1. The number of benzene rings is 2. The van der Waals surface area contributed by atoms with Gasteiger partial charge >= 0.3 is 0 Å². The van der Waals surface area contributed by atoms with Crippen molar-refractivity contribution in [2.75, 3.05) is 4.31 Å². The van der Waals surface area contributed by atoms with E-state index in [4.69, 9.17) is 0 Å². The van der Waals surface area contributed by atoms with Gasteiger partial charge in [0, 0.05) is 11.6 Å². The minimum atomic E-state index is -3.81. The molecule has 2 aromatic carbocycles. The summed E-state index contributed by atoms with van der Waals surface area (Å²) < 4.78 is 27.5. The van der Waals surface area contributed by atoms with Crippen LogP contribution in [-0.4, -0.2) is 16.5 Å². The fourth-order valence-electron chi connectivity index (χ4n) is 2.18. The molecule has 0 saturated heterocycles. The fourth-order valence-corrected chi connectivity index (χ4v) is 4.01. The van der Waals surface area contributed by atoms with Gasteiger partial charge in [-0.1, -0.05) is 61.3 Å². The van der Waals surface area contributed by atoms with Gasteiger partial charge in [0.1, 0.15) is 8.07 Å². The first-order valence-corrected chi connectivity index (χ1v) is 13.3. The molecule has 0 aromatic heterocycles. The zero-order chi connectivity index (χ0) is 19.4. The smallest absolute Gasteiger partial charge is 0.200 e. The molecule has 3 nitrogen and oxygen atoms in total. The predicted octanol–water partition coefficient (Wildman–Crippen LogP) is 4.40. The van der Waals surface area contributed by atoms with Gasteiger partial charge in [0.15, 0.2) is 0 Å². The van der Waals surface area contributed by atoms with Crippen molar-refractivity contribution in [1.29, 1.82) is 0 Å². The minimum absolute atomic E-state index is 0.207. The van der Waals surface area contributed by atoms with Crippen LogP contribution in [0.1, 0.15) is 18.1 Å². The Labute approximate surface area is 158 Å². The normalized spacial score (nSPS) is 11.0. The Hall–Kier alpha value is -2.47. The van der Waals surface area contributed by atoms with Gasteiger partial charge in [0.05, 0.1) is 10.6 Å². The summed E-state index contributed by atoms with van der Waals surface area (Å²) in [7, 11) is -5.40. The summed E-state index contributed by atoms with van der Waals surface area (Å²) in [6.45, 7) is 9.98. The molecular weight excluding hydrogens is 358 g/mol. The topological polar surface area (TPSA) is 37.4 Å². The zero-order valence-corrected chi connectivity index (χ0v) is 17.6. The van der Waals surface area contributed by atoms with E-state index in [9.17, 15) is 8.42 Å². The Kier molecular flexibility index (Phi) is 5.97. The molecule has 5 heteroatoms. The Bertz CT molecular complexity index is 1010. The van der Waals surface area contributed by atoms with Crippen LogP contribution in [-0.2, 0) is 10.0 Å². The van der Waals surface area contributed by atoms with Crippen LogP contribution in [0.4, 0.5) is 5.69 Å². The van der Waals surface area contributed by atoms with Crippen LogP contribution in [0.3, 0.4) is 0 Å². The maximum absolute atomic E-state index is 13.2. The molecular formula is C21H23NO2SSi. The van der Waals surface area contributed by atoms with Crippen LogP contribution in [0.2, 0.25) is 19.6 Å². The van der Waals surface area contributed by atoms with Gasteiger partial charge in [-0.2, -0.15) is 4.31 Å². The average Bonchev–Trinajstić information content (AvgIpc) is 2.58. The monoisotopic (exact) mass is 381 g/mol. The lowest BCUT2D eigenvalue weighted by atomic mass is 10.2. The third-order valence-electron chi connectivity index (χ3n) is 3.47. The van der Waals surface area contributed by atoms with E-state index >= 15 is 0 Å². The van der Waals surface area contributed by atoms with Crippen LogP contribution in [0.15, 0.2) is 53.4 Å². The van der Waals surface area contributed by atoms with Crippen LogP contribution >= 0.6 is 0 Å². The molecule has 0 aliphatic heterocycles. The van der Waals surface area contributed by atoms with Gasteiger partial charge in [0.2, 0.25) is 0 Å². The molecule has 2 rings (SSSR count). The van der Waals surface area contributed by atoms with E-state index in [0.29, 0.717) is 11.3 Å². The molecule has 0 aliphatic carbocycles. The lowest BCUT2D eigenvalue weighted by molar-refractivity contribution is 0.596. The molecule has 0 fully saturated rings. The molecule has 0 spiro atoms. The fraction of sp³-hybridized carbons (Fsp3) is 0.238. The van der Waals surface area contributed by atoms with Gasteiger partial charge in [0.25, 0.3) is 10.0 Å². The maximum atomic E-state index is 13.2. The predicted molar refractivity (Wildman–Crippen MR) is 111 cm³/mol. The minimum Gasteiger partial charge on any atom is -0.200 e. The van der Waals surface area contributed by atoms with Gasteiger partial charge in [-0.15, -0.1) is 5.54 Å². The Balaban J connectivity index is 2.63. The summed E-state index contributed by atoms with van der Waals surface area (Å²) >= 11 is 0. The molecule has 0 N–H and O–H groups in total. The van der Waals surface area contributed by atoms with E-state index in [0.717, 1.165) is 9.87 Å². The lowest BCUT2D eigenvalue weighted by Crippen LogP contribution is -2.27. The molecule has 0 heterocycles. The number of hydrogen-bond acceptors (Lipinski definition) is 2. The van der Waals surface area contributed by atoms with E-state index in [1.54, 1.807) is 43.3 Å². The summed E-state index contributed by atoms with van der Waals surface area (Å²) in [5, 5.41) is 0. The molecule has 0 saturated carbocycles. The largest absolute Gasteiger partial charge is 0.275 e. The quantitative estimate of drug-likeness (QED) is 0.449. The molecule has 0 amide bonds. The summed E-state index contributed by atoms with van der Waals surface area (Å²) in [6.07, 6.45) is 0. The second-order valence-corrected chi connectivity index (χ2v) is 13.5. The number of aryl methyl sites for hydroxylation is 1. The highest BCUT2D eigenvalue weighted by Crippen LogP contribution is 2.26. The van der Waals surface area contributed by atoms with Crippen molar-refractivity contribution in [3.63, 3.8) is 0 Å². The number of para-hydroxylation sites is 1. The first-order valence-electron chi connectivity index (χ1n) is 8.32. The molecule has 26 heavy (non-hydrogen) atoms. The van der Waals surface area contributed by atoms with Crippen molar-refractivity contribution in [1.82, 2.24) is 0 Å². The van der Waals surface area contributed by atoms with E-state index in [1.165, 1.54) is 0 Å². The second-order valence-electron chi connectivity index (χ2n) is 6.96. The van der Waals surface area contributed by atoms with E-state index in [1.807, 2.05) is 19.1 Å². The molecule has 0 radical (unpaired) electrons. The second kappa shape index (κ2) is 7.82. The highest BCUT2D eigenvalue weighted by atomic mass is 32.2. The molecule has 0 aliphatic rings. The van der Waals surface area contributed by atoms with Gasteiger partial charge in [-0.3, -0.25) is 0 Å². The van der Waals surface area contributed by atoms with Crippen molar-refractivity contribution >= 4 is 23.8 Å². The molecule has 0 bridgehead atoms. The number of anilines is 1. The zero-order valence-electron chi connectivity index (χ0n) is 15.8. The third-order valence-corrected chi connectivity index (χ3v) is 5.98. The Morgan fingerprint density at radius 2 is 1.58 bits per heavy atom. The van der Waals surface area contributed by atoms with Gasteiger partial charge in [-0.25, -0.2) is 8.42 Å². The van der Waals surface area contributed by atoms with E-state index in [2.05, 4.69) is 43.1 Å². The summed E-state index contributed by atoms with van der Waals surface area (Å²) in [6, 6.07) is 16.7. The van der Waals surface area contributed by atoms with Crippen LogP contribution in [0.25, 0.3) is 0 Å². The molecule has 2 aromatic rings. The first kappa shape index (κ1) is 19.8. The van der Waals surface area contributed by atoms with Crippen molar-refractivity contribution < 1.29 is 8.42 Å². The van der Waals surface area contributed by atoms with Gasteiger partial charge < -0.3 is 0 Å². The van der Waals surface area contributed by atoms with Gasteiger partial charge in [-0.05, 0) is 38.1 Å². The number of rotatable bonds is 3.